The van der Waals surface area contributed by atoms with E-state index in [2.05, 4.69) is 5.32 Å². The van der Waals surface area contributed by atoms with Crippen LogP contribution in [0, 0.1) is 5.82 Å². The molecule has 4 nitrogen and oxygen atoms in total. The molecule has 1 aromatic carbocycles. The number of carbonyl (C=O) groups is 2. The second-order valence-electron chi connectivity index (χ2n) is 5.45. The van der Waals surface area contributed by atoms with Crippen molar-refractivity contribution in [1.82, 2.24) is 5.32 Å². The Hall–Kier alpha value is -1.91. The van der Waals surface area contributed by atoms with Gasteiger partial charge in [-0.3, -0.25) is 9.59 Å². The summed E-state index contributed by atoms with van der Waals surface area (Å²) in [5.74, 6) is -0.645. The molecule has 0 heterocycles. The summed E-state index contributed by atoms with van der Waals surface area (Å²) in [5.41, 5.74) is 0.483. The predicted molar refractivity (Wildman–Crippen MR) is 79.4 cm³/mol. The predicted octanol–water partition coefficient (Wildman–Crippen LogP) is 2.63. The molecule has 1 aliphatic rings. The topological polar surface area (TPSA) is 49.4 Å². The Morgan fingerprint density at radius 3 is 2.67 bits per heavy atom. The second-order valence-corrected chi connectivity index (χ2v) is 5.45. The molecule has 1 aliphatic carbocycles. The Kier molecular flexibility index (Phi) is 5.31. The van der Waals surface area contributed by atoms with Gasteiger partial charge in [-0.25, -0.2) is 4.39 Å². The molecule has 2 rings (SSSR count). The number of amides is 2. The average Bonchev–Trinajstić information content (AvgIpc) is 2.91. The van der Waals surface area contributed by atoms with E-state index in [9.17, 15) is 14.0 Å². The minimum Gasteiger partial charge on any atom is -0.353 e. The molecule has 5 heteroatoms. The van der Waals surface area contributed by atoms with Crippen molar-refractivity contribution in [3.63, 3.8) is 0 Å². The zero-order valence-electron chi connectivity index (χ0n) is 12.3. The van der Waals surface area contributed by atoms with Crippen molar-refractivity contribution >= 4 is 17.5 Å². The molecule has 0 spiro atoms. The van der Waals surface area contributed by atoms with Gasteiger partial charge in [-0.05, 0) is 31.0 Å². The first-order valence-corrected chi connectivity index (χ1v) is 7.39. The highest BCUT2D eigenvalue weighted by atomic mass is 19.1. The lowest BCUT2D eigenvalue weighted by atomic mass is 10.2. The highest BCUT2D eigenvalue weighted by Crippen LogP contribution is 2.18. The Balaban J connectivity index is 1.91. The number of rotatable bonds is 5. The van der Waals surface area contributed by atoms with Crippen molar-refractivity contribution in [2.45, 2.75) is 45.1 Å². The number of hydrogen-bond acceptors (Lipinski definition) is 2. The lowest BCUT2D eigenvalue weighted by molar-refractivity contribution is -0.121. The van der Waals surface area contributed by atoms with Gasteiger partial charge in [-0.15, -0.1) is 0 Å². The monoisotopic (exact) mass is 292 g/mol. The smallest absolute Gasteiger partial charge is 0.223 e. The third-order valence-corrected chi connectivity index (χ3v) is 3.78. The Morgan fingerprint density at radius 2 is 2.05 bits per heavy atom. The van der Waals surface area contributed by atoms with E-state index in [-0.39, 0.29) is 30.8 Å². The maximum absolute atomic E-state index is 13.2. The van der Waals surface area contributed by atoms with E-state index in [1.54, 1.807) is 12.1 Å². The molecule has 1 N–H and O–H groups in total. The molecule has 0 atom stereocenters. The molecule has 0 unspecified atom stereocenters. The number of benzene rings is 1. The van der Waals surface area contributed by atoms with Crippen molar-refractivity contribution < 1.29 is 14.0 Å². The SMILES string of the molecule is CC(=O)N(CCC(=O)NC1CCCC1)c1cccc(F)c1. The van der Waals surface area contributed by atoms with Crippen LogP contribution in [0.5, 0.6) is 0 Å². The van der Waals surface area contributed by atoms with Crippen molar-refractivity contribution in [2.24, 2.45) is 0 Å². The van der Waals surface area contributed by atoms with Crippen LogP contribution in [0.1, 0.15) is 39.0 Å². The van der Waals surface area contributed by atoms with Crippen LogP contribution in [0.3, 0.4) is 0 Å². The third-order valence-electron chi connectivity index (χ3n) is 3.78. The van der Waals surface area contributed by atoms with Gasteiger partial charge in [-0.1, -0.05) is 18.9 Å². The van der Waals surface area contributed by atoms with Crippen LogP contribution in [0.4, 0.5) is 10.1 Å². The van der Waals surface area contributed by atoms with Crippen LogP contribution < -0.4 is 10.2 Å². The highest BCUT2D eigenvalue weighted by Gasteiger charge is 2.18. The maximum atomic E-state index is 13.2. The number of anilines is 1. The number of carbonyl (C=O) groups excluding carboxylic acids is 2. The molecular formula is C16H21FN2O2. The van der Waals surface area contributed by atoms with Crippen LogP contribution in [-0.4, -0.2) is 24.4 Å². The molecule has 0 radical (unpaired) electrons. The van der Waals surface area contributed by atoms with Gasteiger partial charge < -0.3 is 10.2 Å². The van der Waals surface area contributed by atoms with Gasteiger partial charge in [-0.2, -0.15) is 0 Å². The molecule has 0 saturated heterocycles. The zero-order valence-corrected chi connectivity index (χ0v) is 12.3. The lowest BCUT2D eigenvalue weighted by Gasteiger charge is -2.21. The molecule has 114 valence electrons. The summed E-state index contributed by atoms with van der Waals surface area (Å²) < 4.78 is 13.2. The van der Waals surface area contributed by atoms with E-state index in [1.807, 2.05) is 0 Å². The fourth-order valence-corrected chi connectivity index (χ4v) is 2.70. The van der Waals surface area contributed by atoms with Gasteiger partial charge in [0.05, 0.1) is 0 Å². The number of nitrogens with zero attached hydrogens (tertiary/aromatic N) is 1. The fraction of sp³-hybridized carbons (Fsp3) is 0.500. The third kappa shape index (κ3) is 4.55. The Morgan fingerprint density at radius 1 is 1.33 bits per heavy atom. The first-order chi connectivity index (χ1) is 10.1. The normalized spacial score (nSPS) is 15.0. The van der Waals surface area contributed by atoms with Crippen LogP contribution in [-0.2, 0) is 9.59 Å². The van der Waals surface area contributed by atoms with Gasteiger partial charge in [0.1, 0.15) is 5.82 Å². The molecule has 1 fully saturated rings. The van der Waals surface area contributed by atoms with Crippen molar-refractivity contribution in [2.75, 3.05) is 11.4 Å². The van der Waals surface area contributed by atoms with E-state index in [0.29, 0.717) is 5.69 Å². The quantitative estimate of drug-likeness (QED) is 0.907. The van der Waals surface area contributed by atoms with Gasteiger partial charge >= 0.3 is 0 Å². The largest absolute Gasteiger partial charge is 0.353 e. The van der Waals surface area contributed by atoms with Gasteiger partial charge in [0.25, 0.3) is 0 Å². The first kappa shape index (κ1) is 15.5. The summed E-state index contributed by atoms with van der Waals surface area (Å²) in [4.78, 5) is 25.0. The van der Waals surface area contributed by atoms with Crippen LogP contribution in [0.2, 0.25) is 0 Å². The van der Waals surface area contributed by atoms with Crippen LogP contribution >= 0.6 is 0 Å². The van der Waals surface area contributed by atoms with Gasteiger partial charge in [0, 0.05) is 31.6 Å². The van der Waals surface area contributed by atoms with Crippen LogP contribution in [0.15, 0.2) is 24.3 Å². The summed E-state index contributed by atoms with van der Waals surface area (Å²) in [6.07, 6.45) is 4.62. The van der Waals surface area contributed by atoms with E-state index in [4.69, 9.17) is 0 Å². The lowest BCUT2D eigenvalue weighted by Crippen LogP contribution is -2.37. The maximum Gasteiger partial charge on any atom is 0.223 e. The first-order valence-electron chi connectivity index (χ1n) is 7.39. The molecule has 2 amide bonds. The summed E-state index contributed by atoms with van der Waals surface area (Å²) in [5, 5.41) is 2.99. The summed E-state index contributed by atoms with van der Waals surface area (Å²) in [6, 6.07) is 6.13. The molecular weight excluding hydrogens is 271 g/mol. The average molecular weight is 292 g/mol. The van der Waals surface area contributed by atoms with Crippen molar-refractivity contribution in [3.8, 4) is 0 Å². The highest BCUT2D eigenvalue weighted by molar-refractivity contribution is 5.92. The minimum atomic E-state index is -0.394. The van der Waals surface area contributed by atoms with E-state index >= 15 is 0 Å². The molecule has 0 bridgehead atoms. The number of halogens is 1. The Bertz CT molecular complexity index is 513. The summed E-state index contributed by atoms with van der Waals surface area (Å²) >= 11 is 0. The Labute approximate surface area is 124 Å². The number of hydrogen-bond donors (Lipinski definition) is 1. The summed E-state index contributed by atoms with van der Waals surface area (Å²) in [7, 11) is 0. The van der Waals surface area contributed by atoms with Crippen LogP contribution in [0.25, 0.3) is 0 Å². The number of nitrogens with one attached hydrogen (secondary N) is 1. The van der Waals surface area contributed by atoms with Gasteiger partial charge in [0.2, 0.25) is 11.8 Å². The molecule has 0 aromatic heterocycles. The standard InChI is InChI=1S/C16H21FN2O2/c1-12(20)19(15-8-4-5-13(17)11-15)10-9-16(21)18-14-6-2-3-7-14/h4-5,8,11,14H,2-3,6-7,9-10H2,1H3,(H,18,21). The summed E-state index contributed by atoms with van der Waals surface area (Å²) in [6.45, 7) is 1.68. The van der Waals surface area contributed by atoms with E-state index in [1.165, 1.54) is 24.0 Å². The van der Waals surface area contributed by atoms with Gasteiger partial charge in [0.15, 0.2) is 0 Å². The van der Waals surface area contributed by atoms with E-state index < -0.39 is 5.82 Å². The second kappa shape index (κ2) is 7.20. The van der Waals surface area contributed by atoms with E-state index in [0.717, 1.165) is 25.7 Å². The molecule has 1 aromatic rings. The molecule has 21 heavy (non-hydrogen) atoms. The van der Waals surface area contributed by atoms with Crippen molar-refractivity contribution in [1.29, 1.82) is 0 Å². The fourth-order valence-electron chi connectivity index (χ4n) is 2.70. The minimum absolute atomic E-state index is 0.0513. The zero-order chi connectivity index (χ0) is 15.2. The molecule has 1 saturated carbocycles. The molecule has 0 aliphatic heterocycles. The van der Waals surface area contributed by atoms with Crippen molar-refractivity contribution in [3.05, 3.63) is 30.1 Å².